The molecule has 1 rings (SSSR count). The largest absolute Gasteiger partial charge is 0.465 e. The smallest absolute Gasteiger partial charge is 0.312 e. The lowest BCUT2D eigenvalue weighted by Gasteiger charge is -2.45. The molecule has 1 saturated carbocycles. The summed E-state index contributed by atoms with van der Waals surface area (Å²) in [5.74, 6) is -0.426. The van der Waals surface area contributed by atoms with Crippen molar-refractivity contribution in [2.24, 2.45) is 10.8 Å². The summed E-state index contributed by atoms with van der Waals surface area (Å²) in [7, 11) is 0. The molecule has 0 saturated heterocycles. The van der Waals surface area contributed by atoms with Crippen LogP contribution in [-0.2, 0) is 19.1 Å². The molecule has 30 heavy (non-hydrogen) atoms. The molecule has 0 aromatic carbocycles. The lowest BCUT2D eigenvalue weighted by molar-refractivity contribution is -0.183. The van der Waals surface area contributed by atoms with E-state index in [1.54, 1.807) is 0 Å². The molecule has 0 bridgehead atoms. The van der Waals surface area contributed by atoms with E-state index in [1.807, 2.05) is 13.8 Å². The van der Waals surface area contributed by atoms with Gasteiger partial charge >= 0.3 is 11.9 Å². The van der Waals surface area contributed by atoms with Crippen LogP contribution >= 0.6 is 0 Å². The van der Waals surface area contributed by atoms with E-state index in [0.717, 1.165) is 38.5 Å². The first kappa shape index (κ1) is 27.0. The molecular formula is C26H48O4. The van der Waals surface area contributed by atoms with Crippen LogP contribution in [0, 0.1) is 10.8 Å². The second-order valence-corrected chi connectivity index (χ2v) is 9.68. The highest BCUT2D eigenvalue weighted by atomic mass is 16.5. The molecule has 1 fully saturated rings. The Morgan fingerprint density at radius 2 is 0.933 bits per heavy atom. The predicted molar refractivity (Wildman–Crippen MR) is 123 cm³/mol. The standard InChI is InChI=1S/C26H48O4/c1-5-7-9-11-13-17-21-29-23(27)25(3)19-15-16-20-26(25,4)24(28)30-22-18-14-12-10-8-6-2/h5-22H2,1-4H3. The monoisotopic (exact) mass is 424 g/mol. The molecule has 2 atom stereocenters. The minimum atomic E-state index is -0.786. The Hall–Kier alpha value is -1.06. The summed E-state index contributed by atoms with van der Waals surface area (Å²) < 4.78 is 11.3. The van der Waals surface area contributed by atoms with Crippen molar-refractivity contribution in [3.8, 4) is 0 Å². The summed E-state index contributed by atoms with van der Waals surface area (Å²) >= 11 is 0. The lowest BCUT2D eigenvalue weighted by atomic mass is 9.57. The first-order valence-corrected chi connectivity index (χ1v) is 12.8. The minimum absolute atomic E-state index is 0.213. The molecule has 0 N–H and O–H groups in total. The van der Waals surface area contributed by atoms with Gasteiger partial charge in [0.05, 0.1) is 24.0 Å². The van der Waals surface area contributed by atoms with E-state index in [4.69, 9.17) is 9.47 Å². The fraction of sp³-hybridized carbons (Fsp3) is 0.923. The second-order valence-electron chi connectivity index (χ2n) is 9.68. The molecule has 0 amide bonds. The highest BCUT2D eigenvalue weighted by Gasteiger charge is 2.57. The van der Waals surface area contributed by atoms with Crippen LogP contribution in [0.1, 0.15) is 130 Å². The highest BCUT2D eigenvalue weighted by molar-refractivity contribution is 5.88. The van der Waals surface area contributed by atoms with Gasteiger partial charge in [-0.3, -0.25) is 9.59 Å². The zero-order valence-electron chi connectivity index (χ0n) is 20.4. The molecule has 0 spiro atoms. The van der Waals surface area contributed by atoms with Gasteiger partial charge in [-0.1, -0.05) is 90.9 Å². The van der Waals surface area contributed by atoms with Crippen LogP contribution in [0.25, 0.3) is 0 Å². The lowest BCUT2D eigenvalue weighted by Crippen LogP contribution is -2.52. The fourth-order valence-corrected chi connectivity index (χ4v) is 4.58. The Labute approximate surface area is 185 Å². The zero-order valence-corrected chi connectivity index (χ0v) is 20.4. The molecule has 4 heteroatoms. The molecule has 0 aliphatic heterocycles. The van der Waals surface area contributed by atoms with E-state index in [0.29, 0.717) is 26.1 Å². The Bertz CT molecular complexity index is 445. The van der Waals surface area contributed by atoms with Gasteiger partial charge in [0.1, 0.15) is 0 Å². The highest BCUT2D eigenvalue weighted by Crippen LogP contribution is 2.52. The van der Waals surface area contributed by atoms with Crippen molar-refractivity contribution in [2.75, 3.05) is 13.2 Å². The van der Waals surface area contributed by atoms with Gasteiger partial charge in [0, 0.05) is 0 Å². The maximum atomic E-state index is 13.0. The van der Waals surface area contributed by atoms with Crippen LogP contribution in [0.15, 0.2) is 0 Å². The van der Waals surface area contributed by atoms with Gasteiger partial charge in [-0.15, -0.1) is 0 Å². The maximum Gasteiger partial charge on any atom is 0.312 e. The van der Waals surface area contributed by atoms with Gasteiger partial charge in [-0.2, -0.15) is 0 Å². The summed E-state index contributed by atoms with van der Waals surface area (Å²) in [5, 5.41) is 0. The van der Waals surface area contributed by atoms with Crippen LogP contribution in [0.4, 0.5) is 0 Å². The van der Waals surface area contributed by atoms with Crippen LogP contribution in [-0.4, -0.2) is 25.2 Å². The number of hydrogen-bond donors (Lipinski definition) is 0. The number of ether oxygens (including phenoxy) is 2. The van der Waals surface area contributed by atoms with Crippen molar-refractivity contribution in [3.63, 3.8) is 0 Å². The quantitative estimate of drug-likeness (QED) is 0.191. The topological polar surface area (TPSA) is 52.6 Å². The van der Waals surface area contributed by atoms with Gasteiger partial charge in [0.15, 0.2) is 0 Å². The fourth-order valence-electron chi connectivity index (χ4n) is 4.58. The third kappa shape index (κ3) is 8.23. The Kier molecular flexibility index (Phi) is 13.4. The van der Waals surface area contributed by atoms with Crippen molar-refractivity contribution in [2.45, 2.75) is 130 Å². The van der Waals surface area contributed by atoms with Crippen molar-refractivity contribution in [3.05, 3.63) is 0 Å². The van der Waals surface area contributed by atoms with Gasteiger partial charge in [-0.05, 0) is 39.5 Å². The molecule has 1 aliphatic carbocycles. The molecule has 2 unspecified atom stereocenters. The third-order valence-electron chi connectivity index (χ3n) is 7.18. The molecule has 1 aliphatic rings. The molecule has 0 aromatic rings. The zero-order chi connectivity index (χ0) is 22.3. The van der Waals surface area contributed by atoms with E-state index in [9.17, 15) is 9.59 Å². The van der Waals surface area contributed by atoms with Gasteiger partial charge in [-0.25, -0.2) is 0 Å². The number of carbonyl (C=O) groups excluding carboxylic acids is 2. The number of esters is 2. The molecular weight excluding hydrogens is 376 g/mol. The van der Waals surface area contributed by atoms with Crippen molar-refractivity contribution in [1.29, 1.82) is 0 Å². The number of hydrogen-bond acceptors (Lipinski definition) is 4. The summed E-state index contributed by atoms with van der Waals surface area (Å²) in [4.78, 5) is 26.0. The molecule has 0 aromatic heterocycles. The minimum Gasteiger partial charge on any atom is -0.465 e. The van der Waals surface area contributed by atoms with Crippen molar-refractivity contribution in [1.82, 2.24) is 0 Å². The third-order valence-corrected chi connectivity index (χ3v) is 7.18. The van der Waals surface area contributed by atoms with Gasteiger partial charge in [0.2, 0.25) is 0 Å². The summed E-state index contributed by atoms with van der Waals surface area (Å²) in [6.07, 6.45) is 17.3. The SMILES string of the molecule is CCCCCCCCOC(=O)C1(C)CCCCC1(C)C(=O)OCCCCCCCC. The van der Waals surface area contributed by atoms with Crippen molar-refractivity contribution >= 4 is 11.9 Å². The average molecular weight is 425 g/mol. The first-order valence-electron chi connectivity index (χ1n) is 12.8. The van der Waals surface area contributed by atoms with Crippen LogP contribution in [0.2, 0.25) is 0 Å². The van der Waals surface area contributed by atoms with Gasteiger partial charge in [0.25, 0.3) is 0 Å². The van der Waals surface area contributed by atoms with E-state index in [1.165, 1.54) is 51.4 Å². The number of carbonyl (C=O) groups is 2. The molecule has 0 radical (unpaired) electrons. The van der Waals surface area contributed by atoms with E-state index in [2.05, 4.69) is 13.8 Å². The van der Waals surface area contributed by atoms with E-state index >= 15 is 0 Å². The van der Waals surface area contributed by atoms with Crippen LogP contribution in [0.3, 0.4) is 0 Å². The molecule has 4 nitrogen and oxygen atoms in total. The summed E-state index contributed by atoms with van der Waals surface area (Å²) in [6, 6.07) is 0. The number of rotatable bonds is 16. The summed E-state index contributed by atoms with van der Waals surface area (Å²) in [5.41, 5.74) is -1.57. The maximum absolute atomic E-state index is 13.0. The first-order chi connectivity index (χ1) is 14.4. The Balaban J connectivity index is 2.48. The predicted octanol–water partition coefficient (Wildman–Crippen LogP) is 7.38. The van der Waals surface area contributed by atoms with Crippen LogP contribution in [0.5, 0.6) is 0 Å². The normalized spacial score (nSPS) is 23.9. The molecule has 176 valence electrons. The van der Waals surface area contributed by atoms with E-state index in [-0.39, 0.29) is 11.9 Å². The van der Waals surface area contributed by atoms with Gasteiger partial charge < -0.3 is 9.47 Å². The van der Waals surface area contributed by atoms with Crippen molar-refractivity contribution < 1.29 is 19.1 Å². The summed E-state index contributed by atoms with van der Waals surface area (Å²) in [6.45, 7) is 9.18. The van der Waals surface area contributed by atoms with E-state index < -0.39 is 10.8 Å². The Morgan fingerprint density at radius 1 is 0.600 bits per heavy atom. The molecule has 0 heterocycles. The number of unbranched alkanes of at least 4 members (excludes halogenated alkanes) is 10. The second kappa shape index (κ2) is 14.9. The Morgan fingerprint density at radius 3 is 1.30 bits per heavy atom. The van der Waals surface area contributed by atoms with Crippen LogP contribution < -0.4 is 0 Å². The average Bonchev–Trinajstić information content (AvgIpc) is 2.74.